The van der Waals surface area contributed by atoms with Gasteiger partial charge < -0.3 is 13.8 Å². The Morgan fingerprint density at radius 2 is 1.64 bits per heavy atom. The summed E-state index contributed by atoms with van der Waals surface area (Å²) in [5, 5.41) is 0. The number of carbonyl (C=O) groups is 2. The van der Waals surface area contributed by atoms with Crippen LogP contribution in [0.1, 0.15) is 26.3 Å². The quantitative estimate of drug-likeness (QED) is 0.322. The molecule has 0 saturated heterocycles. The molecule has 0 spiro atoms. The lowest BCUT2D eigenvalue weighted by Crippen LogP contribution is -2.14. The molecule has 132 valence electrons. The van der Waals surface area contributed by atoms with E-state index < -0.39 is 25.5 Å². The number of ketones is 1. The van der Waals surface area contributed by atoms with Gasteiger partial charge in [-0.05, 0) is 31.2 Å². The van der Waals surface area contributed by atoms with Gasteiger partial charge in [-0.25, -0.2) is 4.79 Å². The zero-order valence-corrected chi connectivity index (χ0v) is 15.1. The lowest BCUT2D eigenvalue weighted by Gasteiger charge is -2.14. The molecular weight excluding hydrogens is 343 g/mol. The molecule has 0 aliphatic rings. The number of carbonyl (C=O) groups excluding carboxylic acids is 2. The van der Waals surface area contributed by atoms with Gasteiger partial charge in [-0.2, -0.15) is 0 Å². The summed E-state index contributed by atoms with van der Waals surface area (Å²) in [7, 11) is -1.10. The van der Waals surface area contributed by atoms with Crippen LogP contribution in [0.5, 0.6) is 5.75 Å². The first kappa shape index (κ1) is 19.1. The van der Waals surface area contributed by atoms with Gasteiger partial charge in [0.25, 0.3) is 0 Å². The number of hydrogen-bond donors (Lipinski definition) is 0. The first-order valence-corrected chi connectivity index (χ1v) is 9.23. The Labute approximate surface area is 146 Å². The van der Waals surface area contributed by atoms with E-state index in [4.69, 9.17) is 13.8 Å². The van der Waals surface area contributed by atoms with Crippen molar-refractivity contribution in [3.8, 4) is 5.75 Å². The molecule has 0 aliphatic carbocycles. The van der Waals surface area contributed by atoms with Crippen LogP contribution < -0.4 is 4.74 Å². The molecule has 7 heteroatoms. The molecule has 0 unspecified atom stereocenters. The topological polar surface area (TPSA) is 78.9 Å². The Morgan fingerprint density at radius 3 is 2.24 bits per heavy atom. The van der Waals surface area contributed by atoms with Gasteiger partial charge >= 0.3 is 13.6 Å². The van der Waals surface area contributed by atoms with Gasteiger partial charge in [0, 0.05) is 14.2 Å². The van der Waals surface area contributed by atoms with Crippen LogP contribution in [0.15, 0.2) is 48.5 Å². The number of aryl methyl sites for hydroxylation is 1. The monoisotopic (exact) mass is 362 g/mol. The van der Waals surface area contributed by atoms with Gasteiger partial charge in [-0.15, -0.1) is 0 Å². The minimum absolute atomic E-state index is 0.100. The first-order valence-electron chi connectivity index (χ1n) is 7.50. The van der Waals surface area contributed by atoms with E-state index in [1.54, 1.807) is 49.4 Å². The molecule has 0 aliphatic heterocycles. The van der Waals surface area contributed by atoms with Crippen molar-refractivity contribution in [1.29, 1.82) is 0 Å². The Morgan fingerprint density at radius 1 is 1.00 bits per heavy atom. The first-order chi connectivity index (χ1) is 11.9. The SMILES string of the molecule is COP(=O)(CC(=O)c1cc(C)ccc1OC(=O)c1ccccc1)OC. The molecule has 0 aromatic heterocycles. The van der Waals surface area contributed by atoms with Gasteiger partial charge in [-0.1, -0.05) is 29.8 Å². The number of ether oxygens (including phenoxy) is 1. The zero-order chi connectivity index (χ0) is 18.4. The van der Waals surface area contributed by atoms with Crippen molar-refractivity contribution in [3.05, 3.63) is 65.2 Å². The van der Waals surface area contributed by atoms with E-state index in [0.717, 1.165) is 5.56 Å². The van der Waals surface area contributed by atoms with E-state index in [1.807, 2.05) is 0 Å². The van der Waals surface area contributed by atoms with Gasteiger partial charge in [0.15, 0.2) is 5.78 Å². The Kier molecular flexibility index (Phi) is 6.26. The minimum Gasteiger partial charge on any atom is -0.422 e. The van der Waals surface area contributed by atoms with Crippen molar-refractivity contribution >= 4 is 19.3 Å². The van der Waals surface area contributed by atoms with Crippen LogP contribution in [0.4, 0.5) is 0 Å². The predicted octanol–water partition coefficient (Wildman–Crippen LogP) is 3.88. The second-order valence-electron chi connectivity index (χ2n) is 5.31. The van der Waals surface area contributed by atoms with Crippen LogP contribution in [-0.4, -0.2) is 32.1 Å². The Hall–Kier alpha value is -2.27. The molecule has 2 rings (SSSR count). The maximum Gasteiger partial charge on any atom is 0.343 e. The van der Waals surface area contributed by atoms with E-state index in [9.17, 15) is 14.2 Å². The summed E-state index contributed by atoms with van der Waals surface area (Å²) in [4.78, 5) is 24.8. The summed E-state index contributed by atoms with van der Waals surface area (Å²) in [5.74, 6) is -0.977. The molecule has 0 atom stereocenters. The number of esters is 1. The number of hydrogen-bond acceptors (Lipinski definition) is 6. The number of Topliss-reactive ketones (excluding diaryl/α,β-unsaturated/α-hetero) is 1. The van der Waals surface area contributed by atoms with Gasteiger partial charge in [0.05, 0.1) is 11.1 Å². The number of rotatable bonds is 7. The average molecular weight is 362 g/mol. The van der Waals surface area contributed by atoms with Crippen LogP contribution in [0.25, 0.3) is 0 Å². The standard InChI is InChI=1S/C18H19O6P/c1-13-9-10-17(24-18(20)14-7-5-4-6-8-14)15(11-13)16(19)12-25(21,22-2)23-3/h4-11H,12H2,1-3H3. The highest BCUT2D eigenvalue weighted by atomic mass is 31.2. The summed E-state index contributed by atoms with van der Waals surface area (Å²) >= 11 is 0. The van der Waals surface area contributed by atoms with Crippen molar-refractivity contribution < 1.29 is 27.9 Å². The summed E-state index contributed by atoms with van der Waals surface area (Å²) in [6.45, 7) is 1.80. The smallest absolute Gasteiger partial charge is 0.343 e. The van der Waals surface area contributed by atoms with E-state index in [2.05, 4.69) is 0 Å². The van der Waals surface area contributed by atoms with Crippen LogP contribution >= 0.6 is 7.60 Å². The van der Waals surface area contributed by atoms with Crippen LogP contribution in [0.3, 0.4) is 0 Å². The summed E-state index contributed by atoms with van der Waals surface area (Å²) in [5.41, 5.74) is 1.31. The second-order valence-corrected chi connectivity index (χ2v) is 7.58. The van der Waals surface area contributed by atoms with E-state index in [1.165, 1.54) is 20.3 Å². The van der Waals surface area contributed by atoms with Crippen molar-refractivity contribution in [3.63, 3.8) is 0 Å². The third-order valence-electron chi connectivity index (χ3n) is 3.54. The maximum absolute atomic E-state index is 12.5. The molecule has 0 radical (unpaired) electrons. The normalized spacial score (nSPS) is 11.2. The zero-order valence-electron chi connectivity index (χ0n) is 14.2. The van der Waals surface area contributed by atoms with Gasteiger partial charge in [0.2, 0.25) is 0 Å². The largest absolute Gasteiger partial charge is 0.422 e. The fourth-order valence-electron chi connectivity index (χ4n) is 2.15. The highest BCUT2D eigenvalue weighted by molar-refractivity contribution is 7.54. The highest BCUT2D eigenvalue weighted by Crippen LogP contribution is 2.47. The molecule has 0 heterocycles. The summed E-state index contributed by atoms with van der Waals surface area (Å²) in [6.07, 6.45) is -0.445. The molecule has 2 aromatic rings. The molecule has 0 fully saturated rings. The van der Waals surface area contributed by atoms with E-state index >= 15 is 0 Å². The van der Waals surface area contributed by atoms with Gasteiger partial charge in [-0.3, -0.25) is 9.36 Å². The van der Waals surface area contributed by atoms with Crippen molar-refractivity contribution in [2.24, 2.45) is 0 Å². The molecule has 0 bridgehead atoms. The lowest BCUT2D eigenvalue weighted by molar-refractivity contribution is 0.0733. The molecule has 0 N–H and O–H groups in total. The molecule has 0 saturated carbocycles. The van der Waals surface area contributed by atoms with Crippen molar-refractivity contribution in [2.75, 3.05) is 20.4 Å². The van der Waals surface area contributed by atoms with Crippen molar-refractivity contribution in [2.45, 2.75) is 6.92 Å². The van der Waals surface area contributed by atoms with E-state index in [-0.39, 0.29) is 11.3 Å². The predicted molar refractivity (Wildman–Crippen MR) is 93.4 cm³/mol. The summed E-state index contributed by atoms with van der Waals surface area (Å²) in [6, 6.07) is 13.3. The molecule has 2 aromatic carbocycles. The van der Waals surface area contributed by atoms with Crippen LogP contribution in [0.2, 0.25) is 0 Å². The average Bonchev–Trinajstić information content (AvgIpc) is 2.63. The third-order valence-corrected chi connectivity index (χ3v) is 5.33. The number of benzene rings is 2. The molecule has 6 nitrogen and oxygen atoms in total. The molecular formula is C18H19O6P. The lowest BCUT2D eigenvalue weighted by atomic mass is 10.1. The molecule has 0 amide bonds. The third kappa shape index (κ3) is 4.86. The fraction of sp³-hybridized carbons (Fsp3) is 0.222. The Bertz CT molecular complexity index is 808. The highest BCUT2D eigenvalue weighted by Gasteiger charge is 2.28. The Balaban J connectivity index is 2.30. The van der Waals surface area contributed by atoms with Crippen molar-refractivity contribution in [1.82, 2.24) is 0 Å². The second kappa shape index (κ2) is 8.21. The summed E-state index contributed by atoms with van der Waals surface area (Å²) < 4.78 is 27.2. The minimum atomic E-state index is -3.52. The van der Waals surface area contributed by atoms with Crippen LogP contribution in [-0.2, 0) is 13.6 Å². The molecule has 25 heavy (non-hydrogen) atoms. The van der Waals surface area contributed by atoms with E-state index in [0.29, 0.717) is 5.56 Å². The maximum atomic E-state index is 12.5. The van der Waals surface area contributed by atoms with Crippen LogP contribution in [0, 0.1) is 6.92 Å². The fourth-order valence-corrected chi connectivity index (χ4v) is 3.08. The van der Waals surface area contributed by atoms with Gasteiger partial charge in [0.1, 0.15) is 11.9 Å².